The number of fused-ring (bicyclic) bond motifs is 1. The second kappa shape index (κ2) is 10.3. The van der Waals surface area contributed by atoms with E-state index in [0.717, 1.165) is 12.3 Å². The number of anilines is 2. The Kier molecular flexibility index (Phi) is 7.15. The normalized spacial score (nSPS) is 11.9. The van der Waals surface area contributed by atoms with Gasteiger partial charge >= 0.3 is 6.18 Å². The van der Waals surface area contributed by atoms with Gasteiger partial charge in [0.25, 0.3) is 0 Å². The summed E-state index contributed by atoms with van der Waals surface area (Å²) in [5.41, 5.74) is 0.652. The minimum absolute atomic E-state index is 0.106. The second-order valence-corrected chi connectivity index (χ2v) is 8.16. The molecule has 0 atom stereocenters. The van der Waals surface area contributed by atoms with Crippen molar-refractivity contribution in [1.29, 1.82) is 0 Å². The van der Waals surface area contributed by atoms with Crippen molar-refractivity contribution >= 4 is 22.7 Å². The van der Waals surface area contributed by atoms with E-state index in [4.69, 9.17) is 4.74 Å². The number of nitrogens with zero attached hydrogens (tertiary/aromatic N) is 5. The van der Waals surface area contributed by atoms with Gasteiger partial charge in [-0.1, -0.05) is 19.9 Å². The molecule has 0 saturated carbocycles. The lowest BCUT2D eigenvalue weighted by Crippen LogP contribution is -2.09. The molecule has 35 heavy (non-hydrogen) atoms. The van der Waals surface area contributed by atoms with Crippen LogP contribution in [0.2, 0.25) is 0 Å². The first-order chi connectivity index (χ1) is 16.7. The van der Waals surface area contributed by atoms with Gasteiger partial charge in [0.15, 0.2) is 11.5 Å². The summed E-state index contributed by atoms with van der Waals surface area (Å²) in [6.07, 6.45) is -2.19. The fourth-order valence-electron chi connectivity index (χ4n) is 3.27. The molecular weight excluding hydrogens is 464 g/mol. The van der Waals surface area contributed by atoms with E-state index in [1.54, 1.807) is 30.5 Å². The van der Waals surface area contributed by atoms with Crippen molar-refractivity contribution in [2.75, 3.05) is 11.9 Å². The molecule has 0 aliphatic heterocycles. The maximum atomic E-state index is 13.5. The van der Waals surface area contributed by atoms with E-state index in [1.165, 1.54) is 6.07 Å². The molecular formula is C24H22F4N6O. The van der Waals surface area contributed by atoms with Crippen LogP contribution in [0.15, 0.2) is 48.8 Å². The minimum Gasteiger partial charge on any atom is -0.373 e. The molecule has 0 saturated heterocycles. The van der Waals surface area contributed by atoms with Gasteiger partial charge in [0, 0.05) is 24.6 Å². The first-order valence-corrected chi connectivity index (χ1v) is 10.8. The van der Waals surface area contributed by atoms with E-state index in [9.17, 15) is 17.6 Å². The van der Waals surface area contributed by atoms with Crippen LogP contribution in [-0.4, -0.2) is 31.5 Å². The van der Waals surface area contributed by atoms with Crippen molar-refractivity contribution in [3.63, 3.8) is 0 Å². The van der Waals surface area contributed by atoms with Crippen LogP contribution in [0, 0.1) is 5.92 Å². The molecule has 0 spiro atoms. The summed E-state index contributed by atoms with van der Waals surface area (Å²) in [4.78, 5) is 21.6. The van der Waals surface area contributed by atoms with Gasteiger partial charge in [-0.3, -0.25) is 4.98 Å². The lowest BCUT2D eigenvalue weighted by molar-refractivity contribution is -0.137. The molecule has 0 aliphatic rings. The van der Waals surface area contributed by atoms with Gasteiger partial charge < -0.3 is 10.1 Å². The molecule has 0 fully saturated rings. The Balaban J connectivity index is 1.74. The quantitative estimate of drug-likeness (QED) is 0.311. The van der Waals surface area contributed by atoms with Crippen LogP contribution in [-0.2, 0) is 24.2 Å². The number of nitrogens with one attached hydrogen (secondary N) is 1. The number of rotatable bonds is 8. The fraction of sp³-hybridized carbons (Fsp3) is 0.292. The Bertz CT molecular complexity index is 1310. The number of pyridine rings is 3. The van der Waals surface area contributed by atoms with Crippen LogP contribution in [0.1, 0.15) is 30.8 Å². The lowest BCUT2D eigenvalue weighted by Gasteiger charge is -2.13. The molecule has 4 aromatic heterocycles. The largest absolute Gasteiger partial charge is 0.417 e. The van der Waals surface area contributed by atoms with E-state index in [-0.39, 0.29) is 12.4 Å². The predicted octanol–water partition coefficient (Wildman–Crippen LogP) is 5.89. The first kappa shape index (κ1) is 24.4. The first-order valence-electron chi connectivity index (χ1n) is 10.8. The van der Waals surface area contributed by atoms with Crippen molar-refractivity contribution in [2.45, 2.75) is 33.3 Å². The number of halogens is 4. The highest BCUT2D eigenvalue weighted by molar-refractivity contribution is 5.89. The SMILES string of the molecule is CC(C)COCc1nc(Nc2ccc(C(F)(F)F)cn2)c2ccc(-c3ncccc3CF)nc2n1. The zero-order valence-electron chi connectivity index (χ0n) is 19.0. The van der Waals surface area contributed by atoms with E-state index in [1.807, 2.05) is 13.8 Å². The highest BCUT2D eigenvalue weighted by Gasteiger charge is 2.30. The molecule has 0 aliphatic carbocycles. The summed E-state index contributed by atoms with van der Waals surface area (Å²) in [6, 6.07) is 8.77. The summed E-state index contributed by atoms with van der Waals surface area (Å²) in [5, 5.41) is 3.45. The molecule has 4 aromatic rings. The molecule has 182 valence electrons. The highest BCUT2D eigenvalue weighted by Crippen LogP contribution is 2.30. The fourth-order valence-corrected chi connectivity index (χ4v) is 3.27. The van der Waals surface area contributed by atoms with Gasteiger partial charge in [-0.2, -0.15) is 13.2 Å². The van der Waals surface area contributed by atoms with Crippen molar-refractivity contribution in [1.82, 2.24) is 24.9 Å². The Morgan fingerprint density at radius 1 is 1.00 bits per heavy atom. The molecule has 4 rings (SSSR count). The van der Waals surface area contributed by atoms with Gasteiger partial charge in [-0.25, -0.2) is 24.3 Å². The molecule has 0 bridgehead atoms. The molecule has 11 heteroatoms. The molecule has 0 radical (unpaired) electrons. The standard InChI is InChI=1S/C24H22F4N6O/c1-14(2)12-35-13-20-33-22-17(6-7-18(31-22)21-15(10-25)4-3-9-29-21)23(34-20)32-19-8-5-16(11-30-19)24(26,27)28/h3-9,11,14H,10,12-13H2,1-2H3,(H,30,31,32,33,34). The Labute approximate surface area is 198 Å². The number of alkyl halides is 4. The van der Waals surface area contributed by atoms with Crippen LogP contribution < -0.4 is 5.32 Å². The predicted molar refractivity (Wildman–Crippen MR) is 122 cm³/mol. The van der Waals surface area contributed by atoms with Gasteiger partial charge in [-0.15, -0.1) is 0 Å². The van der Waals surface area contributed by atoms with E-state index < -0.39 is 18.4 Å². The van der Waals surface area contributed by atoms with Crippen LogP contribution in [0.25, 0.3) is 22.4 Å². The average Bonchev–Trinajstić information content (AvgIpc) is 2.83. The van der Waals surface area contributed by atoms with Crippen LogP contribution in [0.3, 0.4) is 0 Å². The summed E-state index contributed by atoms with van der Waals surface area (Å²) in [6.45, 7) is 3.91. The molecule has 0 unspecified atom stereocenters. The summed E-state index contributed by atoms with van der Waals surface area (Å²) in [7, 11) is 0. The Morgan fingerprint density at radius 2 is 1.83 bits per heavy atom. The Morgan fingerprint density at radius 3 is 2.51 bits per heavy atom. The summed E-state index contributed by atoms with van der Waals surface area (Å²) >= 11 is 0. The smallest absolute Gasteiger partial charge is 0.373 e. The third-order valence-electron chi connectivity index (χ3n) is 4.90. The van der Waals surface area contributed by atoms with Crippen molar-refractivity contribution in [3.05, 3.63) is 65.7 Å². The maximum Gasteiger partial charge on any atom is 0.417 e. The van der Waals surface area contributed by atoms with Crippen LogP contribution in [0.5, 0.6) is 0 Å². The van der Waals surface area contributed by atoms with Crippen molar-refractivity contribution in [2.24, 2.45) is 5.92 Å². The zero-order chi connectivity index (χ0) is 25.0. The minimum atomic E-state index is -4.49. The number of hydrogen-bond donors (Lipinski definition) is 1. The molecule has 1 N–H and O–H groups in total. The van der Waals surface area contributed by atoms with Gasteiger partial charge in [0.2, 0.25) is 0 Å². The topological polar surface area (TPSA) is 85.7 Å². The van der Waals surface area contributed by atoms with Crippen molar-refractivity contribution < 1.29 is 22.3 Å². The molecule has 7 nitrogen and oxygen atoms in total. The zero-order valence-corrected chi connectivity index (χ0v) is 19.0. The van der Waals surface area contributed by atoms with Gasteiger partial charge in [0.05, 0.1) is 22.3 Å². The van der Waals surface area contributed by atoms with Crippen LogP contribution in [0.4, 0.5) is 29.2 Å². The third kappa shape index (κ3) is 5.86. The van der Waals surface area contributed by atoms with E-state index in [0.29, 0.717) is 52.2 Å². The highest BCUT2D eigenvalue weighted by atomic mass is 19.4. The Hall–Kier alpha value is -3.73. The number of ether oxygens (including phenoxy) is 1. The molecule has 0 aromatic carbocycles. The third-order valence-corrected chi connectivity index (χ3v) is 4.90. The van der Waals surface area contributed by atoms with Crippen LogP contribution >= 0.6 is 0 Å². The second-order valence-electron chi connectivity index (χ2n) is 8.16. The lowest BCUT2D eigenvalue weighted by atomic mass is 10.1. The van der Waals surface area contributed by atoms with Gasteiger partial charge in [-0.05, 0) is 36.2 Å². The number of aromatic nitrogens is 5. The average molecular weight is 486 g/mol. The van der Waals surface area contributed by atoms with Gasteiger partial charge in [0.1, 0.15) is 24.9 Å². The maximum absolute atomic E-state index is 13.5. The number of hydrogen-bond acceptors (Lipinski definition) is 7. The molecule has 0 amide bonds. The summed E-state index contributed by atoms with van der Waals surface area (Å²) in [5.74, 6) is 1.10. The van der Waals surface area contributed by atoms with E-state index in [2.05, 4.69) is 30.2 Å². The monoisotopic (exact) mass is 486 g/mol. The summed E-state index contributed by atoms with van der Waals surface area (Å²) < 4.78 is 57.8. The molecule has 4 heterocycles. The van der Waals surface area contributed by atoms with Crippen molar-refractivity contribution in [3.8, 4) is 11.4 Å². The van der Waals surface area contributed by atoms with E-state index >= 15 is 0 Å².